The third-order valence-corrected chi connectivity index (χ3v) is 6.24. The Morgan fingerprint density at radius 2 is 1.94 bits per heavy atom. The number of hydrogen-bond donors (Lipinski definition) is 0. The molecule has 0 spiro atoms. The van der Waals surface area contributed by atoms with Gasteiger partial charge in [-0.3, -0.25) is 9.36 Å². The lowest BCUT2D eigenvalue weighted by Crippen LogP contribution is -2.22. The molecule has 0 amide bonds. The number of benzene rings is 2. The van der Waals surface area contributed by atoms with E-state index in [2.05, 4.69) is 28.6 Å². The lowest BCUT2D eigenvalue weighted by molar-refractivity contribution is 0.174. The zero-order valence-corrected chi connectivity index (χ0v) is 18.4. The van der Waals surface area contributed by atoms with E-state index in [1.54, 1.807) is 22.8 Å². The molecule has 0 saturated heterocycles. The molecule has 0 N–H and O–H groups in total. The molecule has 162 valence electrons. The van der Waals surface area contributed by atoms with Gasteiger partial charge in [-0.05, 0) is 37.1 Å². The maximum Gasteiger partial charge on any atom is 0.262 e. The van der Waals surface area contributed by atoms with E-state index >= 15 is 0 Å². The van der Waals surface area contributed by atoms with Crippen molar-refractivity contribution in [2.75, 3.05) is 6.79 Å². The highest BCUT2D eigenvalue weighted by molar-refractivity contribution is 7.98. The summed E-state index contributed by atoms with van der Waals surface area (Å²) in [4.78, 5) is 22.3. The normalized spacial score (nSPS) is 12.4. The summed E-state index contributed by atoms with van der Waals surface area (Å²) >= 11 is 1.35. The molecule has 0 atom stereocenters. The lowest BCUT2D eigenvalue weighted by Gasteiger charge is -2.11. The number of aryl methyl sites for hydroxylation is 2. The predicted molar refractivity (Wildman–Crippen MR) is 121 cm³/mol. The SMILES string of the molecule is C=CCn1c(SCc2nc(-c3ccc(C)c(C)c3)no2)nc2cc3c(cc2c1=O)OCO3. The standard InChI is InChI=1S/C23H20N4O4S/c1-4-7-27-22(28)16-9-18-19(30-12-29-18)10-17(16)24-23(27)32-11-20-25-21(26-31-20)15-6-5-13(2)14(3)8-15/h4-6,8-10H,1,7,11-12H2,2-3H3. The molecule has 0 bridgehead atoms. The summed E-state index contributed by atoms with van der Waals surface area (Å²) in [6.45, 7) is 8.33. The van der Waals surface area contributed by atoms with Gasteiger partial charge >= 0.3 is 0 Å². The van der Waals surface area contributed by atoms with Gasteiger partial charge in [0.15, 0.2) is 16.7 Å². The molecular weight excluding hydrogens is 428 g/mol. The number of aromatic nitrogens is 4. The first kappa shape index (κ1) is 20.3. The summed E-state index contributed by atoms with van der Waals surface area (Å²) in [5.41, 5.74) is 3.65. The Bertz CT molecular complexity index is 1410. The molecule has 8 nitrogen and oxygen atoms in total. The highest BCUT2D eigenvalue weighted by Gasteiger charge is 2.19. The number of fused-ring (bicyclic) bond motifs is 2. The number of rotatable bonds is 6. The van der Waals surface area contributed by atoms with Crippen LogP contribution in [0.2, 0.25) is 0 Å². The molecule has 3 heterocycles. The molecule has 0 fully saturated rings. The van der Waals surface area contributed by atoms with Crippen molar-refractivity contribution in [3.8, 4) is 22.9 Å². The fraction of sp³-hybridized carbons (Fsp3) is 0.217. The highest BCUT2D eigenvalue weighted by atomic mass is 32.2. The fourth-order valence-corrected chi connectivity index (χ4v) is 4.27. The van der Waals surface area contributed by atoms with E-state index in [0.29, 0.717) is 51.6 Å². The molecule has 2 aromatic carbocycles. The van der Waals surface area contributed by atoms with Gasteiger partial charge in [0.1, 0.15) is 0 Å². The van der Waals surface area contributed by atoms with Crippen molar-refractivity contribution in [2.45, 2.75) is 31.3 Å². The largest absolute Gasteiger partial charge is 0.454 e. The molecule has 5 rings (SSSR count). The second-order valence-corrected chi connectivity index (χ2v) is 8.36. The second-order valence-electron chi connectivity index (χ2n) is 7.42. The summed E-state index contributed by atoms with van der Waals surface area (Å²) in [7, 11) is 0. The van der Waals surface area contributed by atoms with E-state index in [0.717, 1.165) is 11.1 Å². The van der Waals surface area contributed by atoms with Crippen LogP contribution in [0.15, 0.2) is 57.5 Å². The Morgan fingerprint density at radius 1 is 1.12 bits per heavy atom. The zero-order valence-electron chi connectivity index (χ0n) is 17.6. The van der Waals surface area contributed by atoms with Crippen LogP contribution in [0, 0.1) is 13.8 Å². The minimum absolute atomic E-state index is 0.133. The van der Waals surface area contributed by atoms with Crippen molar-refractivity contribution in [3.05, 3.63) is 70.4 Å². The minimum atomic E-state index is -0.169. The van der Waals surface area contributed by atoms with Crippen LogP contribution in [0.3, 0.4) is 0 Å². The van der Waals surface area contributed by atoms with Crippen LogP contribution in [0.4, 0.5) is 0 Å². The molecule has 0 radical (unpaired) electrons. The van der Waals surface area contributed by atoms with Gasteiger partial charge in [-0.1, -0.05) is 35.1 Å². The number of ether oxygens (including phenoxy) is 2. The van der Waals surface area contributed by atoms with Crippen LogP contribution in [-0.2, 0) is 12.3 Å². The van der Waals surface area contributed by atoms with Gasteiger partial charge in [0, 0.05) is 18.2 Å². The van der Waals surface area contributed by atoms with E-state index in [4.69, 9.17) is 14.0 Å². The van der Waals surface area contributed by atoms with Gasteiger partial charge in [-0.15, -0.1) is 6.58 Å². The predicted octanol–water partition coefficient (Wildman–Crippen LogP) is 4.27. The molecule has 0 saturated carbocycles. The maximum absolute atomic E-state index is 13.1. The second kappa shape index (κ2) is 8.16. The fourth-order valence-electron chi connectivity index (χ4n) is 3.43. The smallest absolute Gasteiger partial charge is 0.262 e. The Balaban J connectivity index is 1.45. The maximum atomic E-state index is 13.1. The number of thioether (sulfide) groups is 1. The molecule has 0 unspecified atom stereocenters. The van der Waals surface area contributed by atoms with Crippen molar-refractivity contribution in [2.24, 2.45) is 0 Å². The van der Waals surface area contributed by atoms with E-state index in [1.807, 2.05) is 25.1 Å². The molecule has 9 heteroatoms. The monoisotopic (exact) mass is 448 g/mol. The van der Waals surface area contributed by atoms with Crippen LogP contribution in [0.1, 0.15) is 17.0 Å². The number of allylic oxidation sites excluding steroid dienone is 1. The Morgan fingerprint density at radius 3 is 2.72 bits per heavy atom. The van der Waals surface area contributed by atoms with Crippen LogP contribution in [-0.4, -0.2) is 26.5 Å². The van der Waals surface area contributed by atoms with Crippen molar-refractivity contribution >= 4 is 22.7 Å². The molecule has 4 aromatic rings. The van der Waals surface area contributed by atoms with Crippen LogP contribution >= 0.6 is 11.8 Å². The Hall–Kier alpha value is -3.59. The molecule has 1 aliphatic rings. The highest BCUT2D eigenvalue weighted by Crippen LogP contribution is 2.35. The number of hydrogen-bond acceptors (Lipinski definition) is 8. The van der Waals surface area contributed by atoms with E-state index < -0.39 is 0 Å². The van der Waals surface area contributed by atoms with Gasteiger partial charge in [0.2, 0.25) is 18.5 Å². The molecule has 2 aromatic heterocycles. The molecule has 1 aliphatic heterocycles. The van der Waals surface area contributed by atoms with Crippen molar-refractivity contribution in [1.82, 2.24) is 19.7 Å². The van der Waals surface area contributed by atoms with E-state index in [9.17, 15) is 4.79 Å². The molecule has 0 aliphatic carbocycles. The van der Waals surface area contributed by atoms with Gasteiger partial charge < -0.3 is 14.0 Å². The van der Waals surface area contributed by atoms with Crippen molar-refractivity contribution in [1.29, 1.82) is 0 Å². The summed E-state index contributed by atoms with van der Waals surface area (Å²) in [5.74, 6) is 2.49. The Kier molecular flexibility index (Phi) is 5.18. The van der Waals surface area contributed by atoms with Gasteiger partial charge in [-0.2, -0.15) is 4.98 Å². The third kappa shape index (κ3) is 3.64. The number of nitrogens with zero attached hydrogens (tertiary/aromatic N) is 4. The summed E-state index contributed by atoms with van der Waals surface area (Å²) < 4.78 is 17.8. The first-order valence-corrected chi connectivity index (χ1v) is 11.0. The van der Waals surface area contributed by atoms with Crippen LogP contribution < -0.4 is 15.0 Å². The first-order valence-electron chi connectivity index (χ1n) is 10.0. The first-order chi connectivity index (χ1) is 15.5. The Labute approximate surface area is 187 Å². The summed E-state index contributed by atoms with van der Waals surface area (Å²) in [5, 5.41) is 5.10. The van der Waals surface area contributed by atoms with E-state index in [-0.39, 0.29) is 12.4 Å². The van der Waals surface area contributed by atoms with Gasteiger partial charge in [-0.25, -0.2) is 4.98 Å². The molecule has 32 heavy (non-hydrogen) atoms. The third-order valence-electron chi connectivity index (χ3n) is 5.28. The van der Waals surface area contributed by atoms with E-state index in [1.165, 1.54) is 17.3 Å². The van der Waals surface area contributed by atoms with Crippen molar-refractivity contribution in [3.63, 3.8) is 0 Å². The summed E-state index contributed by atoms with van der Waals surface area (Å²) in [6, 6.07) is 9.45. The quantitative estimate of drug-likeness (QED) is 0.245. The van der Waals surface area contributed by atoms with Crippen molar-refractivity contribution < 1.29 is 14.0 Å². The summed E-state index contributed by atoms with van der Waals surface area (Å²) in [6.07, 6.45) is 1.66. The average molecular weight is 449 g/mol. The zero-order chi connectivity index (χ0) is 22.2. The minimum Gasteiger partial charge on any atom is -0.454 e. The van der Waals surface area contributed by atoms with Crippen LogP contribution in [0.5, 0.6) is 11.5 Å². The topological polar surface area (TPSA) is 92.3 Å². The van der Waals surface area contributed by atoms with Crippen LogP contribution in [0.25, 0.3) is 22.3 Å². The van der Waals surface area contributed by atoms with Gasteiger partial charge in [0.05, 0.1) is 16.7 Å². The van der Waals surface area contributed by atoms with Gasteiger partial charge in [0.25, 0.3) is 5.56 Å². The average Bonchev–Trinajstić information content (AvgIpc) is 3.44. The molecular formula is C23H20N4O4S. The lowest BCUT2D eigenvalue weighted by atomic mass is 10.1.